The summed E-state index contributed by atoms with van der Waals surface area (Å²) >= 11 is 0. The molecular weight excluding hydrogens is 290 g/mol. The number of rotatable bonds is 4. The highest BCUT2D eigenvalue weighted by Crippen LogP contribution is 2.27. The minimum absolute atomic E-state index is 0.163. The van der Waals surface area contributed by atoms with E-state index in [1.807, 2.05) is 0 Å². The predicted molar refractivity (Wildman–Crippen MR) is 107 cm³/mol. The quantitative estimate of drug-likeness (QED) is 0.597. The highest BCUT2D eigenvalue weighted by molar-refractivity contribution is 5.73. The molecule has 1 saturated heterocycles. The summed E-state index contributed by atoms with van der Waals surface area (Å²) in [6.45, 7) is 20.1. The monoisotopic (exact) mass is 323 g/mol. The summed E-state index contributed by atoms with van der Waals surface area (Å²) in [6, 6.07) is 8.77. The molecule has 1 nitrogen and oxygen atoms in total. The lowest BCUT2D eigenvalue weighted by atomic mass is 9.85. The van der Waals surface area contributed by atoms with Crippen molar-refractivity contribution in [3.05, 3.63) is 65.4 Å². The van der Waals surface area contributed by atoms with Crippen LogP contribution in [-0.4, -0.2) is 18.0 Å². The summed E-state index contributed by atoms with van der Waals surface area (Å²) < 4.78 is 0. The van der Waals surface area contributed by atoms with Crippen LogP contribution in [0, 0.1) is 5.92 Å². The summed E-state index contributed by atoms with van der Waals surface area (Å²) in [4.78, 5) is 2.51. The van der Waals surface area contributed by atoms with Gasteiger partial charge >= 0.3 is 0 Å². The maximum absolute atomic E-state index is 4.29. The second-order valence-corrected chi connectivity index (χ2v) is 8.41. The van der Waals surface area contributed by atoms with Crippen LogP contribution in [0.2, 0.25) is 0 Å². The standard InChI is InChI=1S/C23H33N/c1-17(2)22(24-14-13-18(3)16-24)12-11-19(4)20-9-8-10-21(15-20)23(5,6)7/h8-12,15,18H,4,13-14,16H2,1-3,5-7H3/b12-11-. The fraction of sp³-hybridized carbons (Fsp3) is 0.478. The van der Waals surface area contributed by atoms with Crippen molar-refractivity contribution in [2.24, 2.45) is 5.92 Å². The van der Waals surface area contributed by atoms with Gasteiger partial charge in [-0.3, -0.25) is 0 Å². The molecule has 1 aliphatic rings. The van der Waals surface area contributed by atoms with Gasteiger partial charge in [-0.2, -0.15) is 0 Å². The lowest BCUT2D eigenvalue weighted by Gasteiger charge is -2.22. The average molecular weight is 324 g/mol. The summed E-state index contributed by atoms with van der Waals surface area (Å²) in [6.07, 6.45) is 5.71. The van der Waals surface area contributed by atoms with E-state index >= 15 is 0 Å². The normalized spacial score (nSPS) is 18.2. The van der Waals surface area contributed by atoms with E-state index in [1.165, 1.54) is 28.8 Å². The summed E-state index contributed by atoms with van der Waals surface area (Å²) in [5, 5.41) is 0. The Labute approximate surface area is 148 Å². The molecule has 0 amide bonds. The van der Waals surface area contributed by atoms with Crippen molar-refractivity contribution in [3.63, 3.8) is 0 Å². The molecule has 1 heteroatoms. The van der Waals surface area contributed by atoms with Crippen LogP contribution in [0.15, 0.2) is 54.3 Å². The van der Waals surface area contributed by atoms with Gasteiger partial charge in [-0.05, 0) is 54.4 Å². The van der Waals surface area contributed by atoms with Gasteiger partial charge in [0.15, 0.2) is 0 Å². The zero-order valence-electron chi connectivity index (χ0n) is 16.3. The smallest absolute Gasteiger partial charge is 0.0352 e. The third kappa shape index (κ3) is 4.63. The molecule has 130 valence electrons. The molecule has 1 unspecified atom stereocenters. The number of benzene rings is 1. The Morgan fingerprint density at radius 1 is 1.21 bits per heavy atom. The maximum atomic E-state index is 4.29. The molecule has 1 atom stereocenters. The molecule has 1 fully saturated rings. The summed E-state index contributed by atoms with van der Waals surface area (Å²) in [5.41, 5.74) is 6.53. The van der Waals surface area contributed by atoms with Crippen molar-refractivity contribution in [2.45, 2.75) is 53.4 Å². The Hall–Kier alpha value is -1.76. The van der Waals surface area contributed by atoms with Gasteiger partial charge in [-0.15, -0.1) is 0 Å². The highest BCUT2D eigenvalue weighted by Gasteiger charge is 2.20. The van der Waals surface area contributed by atoms with E-state index in [4.69, 9.17) is 0 Å². The van der Waals surface area contributed by atoms with Crippen LogP contribution >= 0.6 is 0 Å². The first-order valence-electron chi connectivity index (χ1n) is 9.09. The summed E-state index contributed by atoms with van der Waals surface area (Å²) in [7, 11) is 0. The molecule has 0 aliphatic carbocycles. The largest absolute Gasteiger partial charge is 0.371 e. The molecule has 1 aliphatic heterocycles. The molecule has 24 heavy (non-hydrogen) atoms. The first-order chi connectivity index (χ1) is 11.2. The maximum Gasteiger partial charge on any atom is 0.0352 e. The molecule has 0 saturated carbocycles. The number of hydrogen-bond donors (Lipinski definition) is 0. The zero-order chi connectivity index (χ0) is 17.9. The Balaban J connectivity index is 2.19. The molecule has 1 aromatic carbocycles. The van der Waals surface area contributed by atoms with Crippen molar-refractivity contribution >= 4 is 5.57 Å². The molecule has 0 N–H and O–H groups in total. The van der Waals surface area contributed by atoms with Crippen LogP contribution in [0.4, 0.5) is 0 Å². The first-order valence-corrected chi connectivity index (χ1v) is 9.09. The molecular formula is C23H33N. The van der Waals surface area contributed by atoms with Gasteiger partial charge in [0, 0.05) is 18.8 Å². The Morgan fingerprint density at radius 2 is 1.92 bits per heavy atom. The van der Waals surface area contributed by atoms with Crippen LogP contribution in [0.25, 0.3) is 5.57 Å². The number of hydrogen-bond acceptors (Lipinski definition) is 1. The lowest BCUT2D eigenvalue weighted by molar-refractivity contribution is 0.419. The van der Waals surface area contributed by atoms with Gasteiger partial charge in [0.2, 0.25) is 0 Å². The third-order valence-corrected chi connectivity index (χ3v) is 4.82. The molecule has 0 radical (unpaired) electrons. The van der Waals surface area contributed by atoms with Crippen LogP contribution in [0.5, 0.6) is 0 Å². The van der Waals surface area contributed by atoms with Gasteiger partial charge in [0.25, 0.3) is 0 Å². The number of allylic oxidation sites excluding steroid dienone is 4. The van der Waals surface area contributed by atoms with E-state index in [9.17, 15) is 0 Å². The van der Waals surface area contributed by atoms with Gasteiger partial charge in [-0.1, -0.05) is 70.2 Å². The van der Waals surface area contributed by atoms with Gasteiger partial charge in [0.1, 0.15) is 0 Å². The molecule has 0 aromatic heterocycles. The topological polar surface area (TPSA) is 3.24 Å². The molecule has 2 rings (SSSR count). The van der Waals surface area contributed by atoms with Crippen LogP contribution in [0.1, 0.15) is 59.1 Å². The lowest BCUT2D eigenvalue weighted by Crippen LogP contribution is -2.19. The van der Waals surface area contributed by atoms with Crippen molar-refractivity contribution < 1.29 is 0 Å². The fourth-order valence-electron chi connectivity index (χ4n) is 3.20. The molecule has 1 heterocycles. The second-order valence-electron chi connectivity index (χ2n) is 8.41. The fourth-order valence-corrected chi connectivity index (χ4v) is 3.20. The Morgan fingerprint density at radius 3 is 2.46 bits per heavy atom. The van der Waals surface area contributed by atoms with Crippen LogP contribution in [-0.2, 0) is 5.41 Å². The van der Waals surface area contributed by atoms with E-state index in [2.05, 4.69) is 89.4 Å². The van der Waals surface area contributed by atoms with Gasteiger partial charge in [0.05, 0.1) is 0 Å². The first kappa shape index (κ1) is 18.6. The molecule has 0 bridgehead atoms. The predicted octanol–water partition coefficient (Wildman–Crippen LogP) is 6.19. The van der Waals surface area contributed by atoms with Crippen molar-refractivity contribution in [1.82, 2.24) is 4.90 Å². The molecule has 1 aromatic rings. The van der Waals surface area contributed by atoms with E-state index in [1.54, 1.807) is 0 Å². The van der Waals surface area contributed by atoms with Crippen molar-refractivity contribution in [3.8, 4) is 0 Å². The van der Waals surface area contributed by atoms with E-state index < -0.39 is 0 Å². The third-order valence-electron chi connectivity index (χ3n) is 4.82. The van der Waals surface area contributed by atoms with E-state index in [-0.39, 0.29) is 5.41 Å². The van der Waals surface area contributed by atoms with E-state index in [0.717, 1.165) is 24.6 Å². The Kier molecular flexibility index (Phi) is 5.74. The van der Waals surface area contributed by atoms with Crippen molar-refractivity contribution in [1.29, 1.82) is 0 Å². The Bertz CT molecular complexity index is 651. The number of nitrogens with zero attached hydrogens (tertiary/aromatic N) is 1. The second kappa shape index (κ2) is 7.42. The minimum Gasteiger partial charge on any atom is -0.371 e. The van der Waals surface area contributed by atoms with Crippen molar-refractivity contribution in [2.75, 3.05) is 13.1 Å². The van der Waals surface area contributed by atoms with Gasteiger partial charge < -0.3 is 4.90 Å². The zero-order valence-corrected chi connectivity index (χ0v) is 16.3. The average Bonchev–Trinajstić information content (AvgIpc) is 2.92. The SMILES string of the molecule is C=C(/C=C\C(=C(C)C)N1CCC(C)C1)c1cccc(C(C)(C)C)c1. The summed E-state index contributed by atoms with van der Waals surface area (Å²) in [5.74, 6) is 0.791. The number of likely N-dealkylation sites (tertiary alicyclic amines) is 1. The van der Waals surface area contributed by atoms with Crippen LogP contribution < -0.4 is 0 Å². The van der Waals surface area contributed by atoms with Crippen LogP contribution in [0.3, 0.4) is 0 Å². The van der Waals surface area contributed by atoms with E-state index in [0.29, 0.717) is 0 Å². The molecule has 0 spiro atoms. The minimum atomic E-state index is 0.163. The highest BCUT2D eigenvalue weighted by atomic mass is 15.2. The van der Waals surface area contributed by atoms with Gasteiger partial charge in [-0.25, -0.2) is 0 Å².